The van der Waals surface area contributed by atoms with Gasteiger partial charge in [0.05, 0.1) is 22.1 Å². The number of fused-ring (bicyclic) bond motifs is 1. The fraction of sp³-hybridized carbons (Fsp3) is 0.848. The molecule has 13 heteroatoms. The summed E-state index contributed by atoms with van der Waals surface area (Å²) in [6.45, 7) is 15.5. The van der Waals surface area contributed by atoms with Gasteiger partial charge in [-0.05, 0) is 69.1 Å². The van der Waals surface area contributed by atoms with Crippen molar-refractivity contribution in [1.29, 1.82) is 5.26 Å². The Morgan fingerprint density at radius 1 is 1.07 bits per heavy atom. The van der Waals surface area contributed by atoms with Gasteiger partial charge in [-0.3, -0.25) is 14.4 Å². The number of hydrogen-bond acceptors (Lipinski definition) is 7. The Labute approximate surface area is 274 Å². The van der Waals surface area contributed by atoms with Crippen molar-refractivity contribution in [1.82, 2.24) is 26.2 Å². The zero-order valence-electron chi connectivity index (χ0n) is 28.8. The smallest absolute Gasteiger partial charge is 0.315 e. The Morgan fingerprint density at radius 2 is 1.70 bits per heavy atom. The lowest BCUT2D eigenvalue weighted by molar-refractivity contribution is -0.143. The summed E-state index contributed by atoms with van der Waals surface area (Å²) >= 11 is 0. The summed E-state index contributed by atoms with van der Waals surface area (Å²) in [4.78, 5) is 55.4. The molecule has 4 aliphatic rings. The van der Waals surface area contributed by atoms with Gasteiger partial charge >= 0.3 is 6.03 Å². The summed E-state index contributed by atoms with van der Waals surface area (Å²) in [5.74, 6) is -1.49. The van der Waals surface area contributed by atoms with Crippen molar-refractivity contribution in [2.24, 2.45) is 28.6 Å². The monoisotopic (exact) mass is 662 g/mol. The Bertz CT molecular complexity index is 1370. The molecule has 0 bridgehead atoms. The van der Waals surface area contributed by atoms with Crippen LogP contribution in [0, 0.1) is 39.9 Å². The maximum Gasteiger partial charge on any atom is 0.315 e. The highest BCUT2D eigenvalue weighted by Gasteiger charge is 2.70. The van der Waals surface area contributed by atoms with Crippen molar-refractivity contribution in [2.75, 3.05) is 18.8 Å². The molecule has 0 aromatic rings. The molecule has 46 heavy (non-hydrogen) atoms. The zero-order valence-corrected chi connectivity index (χ0v) is 29.6. The maximum absolute atomic E-state index is 14.3. The molecule has 5 amide bonds. The van der Waals surface area contributed by atoms with Gasteiger partial charge in [0.25, 0.3) is 0 Å². The van der Waals surface area contributed by atoms with E-state index in [1.54, 1.807) is 25.7 Å². The summed E-state index contributed by atoms with van der Waals surface area (Å²) in [5.41, 5.74) is -1.84. The SMILES string of the molecule is CC(C)(C)[C@H](NC(=O)NC1(CS(=O)(=O)C(C)(C)C)CCCCC1)C(=O)N1C[C@H]2[C@@H]([C@H]1C(=O)N[C@H](C#N)C[C@@H]1CCNC1=O)C2(C)C. The topological polar surface area (TPSA) is 178 Å². The highest BCUT2D eigenvalue weighted by Crippen LogP contribution is 2.65. The van der Waals surface area contributed by atoms with E-state index in [2.05, 4.69) is 41.2 Å². The predicted octanol–water partition coefficient (Wildman–Crippen LogP) is 2.63. The maximum atomic E-state index is 14.3. The summed E-state index contributed by atoms with van der Waals surface area (Å²) in [5, 5.41) is 21.3. The highest BCUT2D eigenvalue weighted by atomic mass is 32.2. The summed E-state index contributed by atoms with van der Waals surface area (Å²) in [6.07, 6.45) is 4.40. The number of nitrogens with zero attached hydrogens (tertiary/aromatic N) is 2. The van der Waals surface area contributed by atoms with Crippen molar-refractivity contribution >= 4 is 33.6 Å². The van der Waals surface area contributed by atoms with E-state index in [9.17, 15) is 32.9 Å². The molecule has 4 rings (SSSR count). The quantitative estimate of drug-likeness (QED) is 0.293. The molecule has 2 saturated carbocycles. The number of sulfone groups is 1. The van der Waals surface area contributed by atoms with Gasteiger partial charge in [0.1, 0.15) is 18.1 Å². The van der Waals surface area contributed by atoms with Crippen LogP contribution < -0.4 is 21.3 Å². The van der Waals surface area contributed by atoms with Crippen LogP contribution >= 0.6 is 0 Å². The van der Waals surface area contributed by atoms with E-state index >= 15 is 0 Å². The molecular formula is C33H54N6O6S. The van der Waals surface area contributed by atoms with Crippen LogP contribution in [0.15, 0.2) is 0 Å². The van der Waals surface area contributed by atoms with Crippen molar-refractivity contribution in [2.45, 2.75) is 129 Å². The lowest BCUT2D eigenvalue weighted by atomic mass is 9.83. The average molecular weight is 663 g/mol. The van der Waals surface area contributed by atoms with Gasteiger partial charge in [-0.2, -0.15) is 5.26 Å². The van der Waals surface area contributed by atoms with Gasteiger partial charge in [-0.1, -0.05) is 53.9 Å². The van der Waals surface area contributed by atoms with Crippen molar-refractivity contribution in [3.63, 3.8) is 0 Å². The van der Waals surface area contributed by atoms with Gasteiger partial charge in [-0.25, -0.2) is 13.2 Å². The first-order valence-corrected chi connectivity index (χ1v) is 18.4. The third kappa shape index (κ3) is 7.32. The number of nitrogens with one attached hydrogen (secondary N) is 4. The van der Waals surface area contributed by atoms with Gasteiger partial charge in [0.15, 0.2) is 9.84 Å². The second-order valence-corrected chi connectivity index (χ2v) is 19.4. The molecule has 4 N–H and O–H groups in total. The first-order valence-electron chi connectivity index (χ1n) is 16.7. The molecule has 2 saturated heterocycles. The number of carbonyl (C=O) groups is 4. The van der Waals surface area contributed by atoms with Crippen LogP contribution in [0.5, 0.6) is 0 Å². The number of likely N-dealkylation sites (tertiary alicyclic amines) is 1. The Hall–Kier alpha value is -2.88. The second-order valence-electron chi connectivity index (χ2n) is 16.7. The fourth-order valence-corrected chi connectivity index (χ4v) is 9.23. The summed E-state index contributed by atoms with van der Waals surface area (Å²) < 4.78 is 25.5. The van der Waals surface area contributed by atoms with E-state index in [4.69, 9.17) is 0 Å². The van der Waals surface area contributed by atoms with Crippen LogP contribution in [-0.4, -0.2) is 84.3 Å². The van der Waals surface area contributed by atoms with E-state index < -0.39 is 61.5 Å². The lowest BCUT2D eigenvalue weighted by Crippen LogP contribution is -2.64. The van der Waals surface area contributed by atoms with Crippen LogP contribution in [0.4, 0.5) is 4.79 Å². The van der Waals surface area contributed by atoms with Crippen molar-refractivity contribution < 1.29 is 27.6 Å². The number of nitriles is 1. The van der Waals surface area contributed by atoms with E-state index in [1.807, 2.05) is 20.8 Å². The summed E-state index contributed by atoms with van der Waals surface area (Å²) in [7, 11) is -3.55. The van der Waals surface area contributed by atoms with Gasteiger partial charge < -0.3 is 26.2 Å². The van der Waals surface area contributed by atoms with Crippen LogP contribution in [0.1, 0.15) is 100 Å². The first-order chi connectivity index (χ1) is 21.1. The van der Waals surface area contributed by atoms with E-state index in [0.717, 1.165) is 19.3 Å². The molecule has 0 unspecified atom stereocenters. The standard InChI is InChI=1S/C33H54N6O6S/c1-30(2,3)25(37-29(43)38-33(13-10-9-11-14-33)19-46(44,45)31(4,5)6)28(42)39-18-22-23(32(22,7)8)24(39)27(41)36-21(17-34)16-20-12-15-35-26(20)40/h20-25H,9-16,18-19H2,1-8H3,(H,35,40)(H,36,41)(H2,37,38,43)/t20-,21-,22-,23-,24-,25+/m0/s1. The Morgan fingerprint density at radius 3 is 2.22 bits per heavy atom. The minimum absolute atomic E-state index is 0.0934. The number of amides is 5. The van der Waals surface area contributed by atoms with Gasteiger partial charge in [0, 0.05) is 19.0 Å². The van der Waals surface area contributed by atoms with E-state index in [1.165, 1.54) is 0 Å². The molecule has 6 atom stereocenters. The minimum atomic E-state index is -3.55. The second kappa shape index (κ2) is 12.6. The molecule has 12 nitrogen and oxygen atoms in total. The molecule has 2 aliphatic heterocycles. The molecule has 258 valence electrons. The van der Waals surface area contributed by atoms with E-state index in [-0.39, 0.29) is 41.2 Å². The normalized spacial score (nSPS) is 28.2. The van der Waals surface area contributed by atoms with Crippen LogP contribution in [-0.2, 0) is 24.2 Å². The predicted molar refractivity (Wildman–Crippen MR) is 174 cm³/mol. The van der Waals surface area contributed by atoms with Crippen LogP contribution in [0.3, 0.4) is 0 Å². The number of hydrogen-bond donors (Lipinski definition) is 4. The molecule has 2 heterocycles. The molecular weight excluding hydrogens is 608 g/mol. The third-order valence-electron chi connectivity index (χ3n) is 10.9. The molecule has 4 fully saturated rings. The molecule has 0 aromatic heterocycles. The molecule has 0 spiro atoms. The largest absolute Gasteiger partial charge is 0.356 e. The summed E-state index contributed by atoms with van der Waals surface area (Å²) in [6, 6.07) is -1.19. The van der Waals surface area contributed by atoms with Crippen molar-refractivity contribution in [3.05, 3.63) is 0 Å². The highest BCUT2D eigenvalue weighted by molar-refractivity contribution is 7.92. The Balaban J connectivity index is 1.52. The molecule has 0 radical (unpaired) electrons. The number of urea groups is 1. The zero-order chi connectivity index (χ0) is 34.5. The average Bonchev–Trinajstić information content (AvgIpc) is 3.27. The van der Waals surface area contributed by atoms with Gasteiger partial charge in [0.2, 0.25) is 17.7 Å². The third-order valence-corrected chi connectivity index (χ3v) is 13.7. The fourth-order valence-electron chi connectivity index (χ4n) is 7.71. The van der Waals surface area contributed by atoms with Gasteiger partial charge in [-0.15, -0.1) is 0 Å². The number of carbonyl (C=O) groups excluding carboxylic acids is 4. The number of rotatable bonds is 9. The van der Waals surface area contributed by atoms with Crippen LogP contribution in [0.25, 0.3) is 0 Å². The number of piperidine rings is 1. The lowest BCUT2D eigenvalue weighted by Gasteiger charge is -2.41. The molecule has 0 aromatic carbocycles. The van der Waals surface area contributed by atoms with Crippen LogP contribution in [0.2, 0.25) is 0 Å². The minimum Gasteiger partial charge on any atom is -0.356 e. The first kappa shape index (κ1) is 36.0. The molecule has 2 aliphatic carbocycles. The van der Waals surface area contributed by atoms with E-state index in [0.29, 0.717) is 32.4 Å². The van der Waals surface area contributed by atoms with Crippen molar-refractivity contribution in [3.8, 4) is 6.07 Å². The Kier molecular flexibility index (Phi) is 9.87.